The number of amides is 4. The van der Waals surface area contributed by atoms with Crippen LogP contribution in [-0.2, 0) is 27.1 Å². The fraction of sp³-hybridized carbons (Fsp3) is 0.511. The Hall–Kier alpha value is -5.73. The molecule has 1 spiro atoms. The molecule has 9 rings (SSSR count). The summed E-state index contributed by atoms with van der Waals surface area (Å²) in [4.78, 5) is 71.1. The van der Waals surface area contributed by atoms with Crippen molar-refractivity contribution in [1.29, 1.82) is 0 Å². The van der Waals surface area contributed by atoms with Crippen molar-refractivity contribution in [2.45, 2.75) is 57.3 Å². The number of fused-ring (bicyclic) bond motifs is 1. The molecule has 0 bridgehead atoms. The van der Waals surface area contributed by atoms with Gasteiger partial charge in [-0.3, -0.25) is 29.4 Å². The molecule has 0 saturated carbocycles. The third-order valence-corrected chi connectivity index (χ3v) is 13.9. The summed E-state index contributed by atoms with van der Waals surface area (Å²) in [5.74, 6) is -0.759. The predicted octanol–water partition coefficient (Wildman–Crippen LogP) is 4.99. The first kappa shape index (κ1) is 41.6. The molecular weight excluding hydrogens is 802 g/mol. The van der Waals surface area contributed by atoms with Crippen molar-refractivity contribution >= 4 is 52.2 Å². The number of nitrogens with zero attached hydrogens (tertiary/aromatic N) is 8. The van der Waals surface area contributed by atoms with Gasteiger partial charge in [0.2, 0.25) is 17.7 Å². The van der Waals surface area contributed by atoms with Crippen molar-refractivity contribution in [3.05, 3.63) is 82.8 Å². The third-order valence-electron chi connectivity index (χ3n) is 13.9. The second-order valence-electron chi connectivity index (χ2n) is 17.7. The average molecular weight is 853 g/mol. The van der Waals surface area contributed by atoms with E-state index in [9.17, 15) is 32.3 Å². The molecule has 62 heavy (non-hydrogen) atoms. The van der Waals surface area contributed by atoms with Crippen molar-refractivity contribution < 1.29 is 32.3 Å². The van der Waals surface area contributed by atoms with E-state index in [1.165, 1.54) is 12.1 Å². The summed E-state index contributed by atoms with van der Waals surface area (Å²) in [5, 5.41) is 5.30. The Kier molecular flexibility index (Phi) is 11.3. The van der Waals surface area contributed by atoms with Crippen LogP contribution in [0.2, 0.25) is 0 Å². The third kappa shape index (κ3) is 8.54. The van der Waals surface area contributed by atoms with Gasteiger partial charge in [-0.15, -0.1) is 0 Å². The Morgan fingerprint density at radius 3 is 2.16 bits per heavy atom. The fourth-order valence-electron chi connectivity index (χ4n) is 10.2. The van der Waals surface area contributed by atoms with Gasteiger partial charge >= 0.3 is 6.18 Å². The van der Waals surface area contributed by atoms with Gasteiger partial charge in [-0.1, -0.05) is 6.07 Å². The first-order valence-corrected chi connectivity index (χ1v) is 21.7. The summed E-state index contributed by atoms with van der Waals surface area (Å²) in [5.41, 5.74) is 3.13. The minimum atomic E-state index is -4.61. The van der Waals surface area contributed by atoms with Gasteiger partial charge in [0.05, 0.1) is 24.0 Å². The van der Waals surface area contributed by atoms with E-state index < -0.39 is 23.5 Å². The zero-order valence-electron chi connectivity index (χ0n) is 34.6. The molecule has 5 fully saturated rings. The Bertz CT molecular complexity index is 2250. The van der Waals surface area contributed by atoms with E-state index in [1.807, 2.05) is 29.2 Å². The smallest absolute Gasteiger partial charge is 0.372 e. The van der Waals surface area contributed by atoms with Gasteiger partial charge in [0, 0.05) is 114 Å². The van der Waals surface area contributed by atoms with Gasteiger partial charge < -0.3 is 29.8 Å². The number of rotatable bonds is 9. The van der Waals surface area contributed by atoms with E-state index in [2.05, 4.69) is 46.1 Å². The van der Waals surface area contributed by atoms with Crippen LogP contribution in [0.5, 0.6) is 0 Å². The Morgan fingerprint density at radius 2 is 1.48 bits per heavy atom. The Labute approximate surface area is 358 Å². The maximum atomic E-state index is 13.5. The monoisotopic (exact) mass is 852 g/mol. The SMILES string of the molecule is [C-]#[N+]c1ccc(N2CCC(C(=O)Nc3ccc(N4CCN(CCN5CC6(CCN(c7ccc8c(c7)CN(C7CCC(=O)NC7=O)C8=O)CC6)C5)CC4)cn3)CC2)cc1C(F)(F)F. The quantitative estimate of drug-likeness (QED) is 0.225. The molecule has 1 unspecified atom stereocenters. The maximum Gasteiger partial charge on any atom is 0.407 e. The summed E-state index contributed by atoms with van der Waals surface area (Å²) in [6, 6.07) is 13.0. The normalized spacial score (nSPS) is 22.4. The van der Waals surface area contributed by atoms with Crippen LogP contribution in [0.3, 0.4) is 0 Å². The van der Waals surface area contributed by atoms with Crippen molar-refractivity contribution in [2.24, 2.45) is 11.3 Å². The van der Waals surface area contributed by atoms with Gasteiger partial charge in [-0.2, -0.15) is 13.2 Å². The molecular formula is C45H51F3N10O4. The minimum absolute atomic E-state index is 0.141. The number of pyridine rings is 1. The number of alkyl halides is 3. The van der Waals surface area contributed by atoms with Crippen molar-refractivity contribution in [2.75, 3.05) is 98.6 Å². The number of nitrogens with one attached hydrogen (secondary N) is 2. The summed E-state index contributed by atoms with van der Waals surface area (Å²) in [7, 11) is 0. The number of halogens is 3. The number of anilines is 4. The topological polar surface area (TPSA) is 129 Å². The van der Waals surface area contributed by atoms with E-state index in [0.29, 0.717) is 61.4 Å². The average Bonchev–Trinajstić information content (AvgIpc) is 3.59. The van der Waals surface area contributed by atoms with Crippen LogP contribution in [0.15, 0.2) is 54.7 Å². The van der Waals surface area contributed by atoms with Crippen LogP contribution in [-0.4, -0.2) is 128 Å². The molecule has 326 valence electrons. The van der Waals surface area contributed by atoms with Gasteiger partial charge in [-0.05, 0) is 85.5 Å². The highest BCUT2D eigenvalue weighted by Crippen LogP contribution is 2.42. The summed E-state index contributed by atoms with van der Waals surface area (Å²) < 4.78 is 40.5. The zero-order chi connectivity index (χ0) is 43.2. The zero-order valence-corrected chi connectivity index (χ0v) is 34.6. The van der Waals surface area contributed by atoms with Crippen LogP contribution < -0.4 is 25.3 Å². The fourth-order valence-corrected chi connectivity index (χ4v) is 10.2. The lowest BCUT2D eigenvalue weighted by Gasteiger charge is -2.55. The van der Waals surface area contributed by atoms with E-state index >= 15 is 0 Å². The van der Waals surface area contributed by atoms with Crippen molar-refractivity contribution in [1.82, 2.24) is 25.0 Å². The van der Waals surface area contributed by atoms with Crippen LogP contribution in [0.25, 0.3) is 4.85 Å². The molecule has 2 N–H and O–H groups in total. The molecule has 0 aliphatic carbocycles. The van der Waals surface area contributed by atoms with Crippen molar-refractivity contribution in [3.8, 4) is 0 Å². The number of imide groups is 1. The highest BCUT2D eigenvalue weighted by atomic mass is 19.4. The first-order chi connectivity index (χ1) is 29.8. The lowest BCUT2D eigenvalue weighted by atomic mass is 9.72. The van der Waals surface area contributed by atoms with Gasteiger partial charge in [0.1, 0.15) is 11.9 Å². The number of benzene rings is 2. The molecule has 4 amide bonds. The van der Waals surface area contributed by atoms with E-state index in [4.69, 9.17) is 6.57 Å². The van der Waals surface area contributed by atoms with E-state index in [-0.39, 0.29) is 36.0 Å². The van der Waals surface area contributed by atoms with Crippen LogP contribution in [0.1, 0.15) is 60.0 Å². The number of likely N-dealkylation sites (tertiary alicyclic amines) is 1. The van der Waals surface area contributed by atoms with E-state index in [1.54, 1.807) is 11.1 Å². The number of hydrogen-bond acceptors (Lipinski definition) is 10. The summed E-state index contributed by atoms with van der Waals surface area (Å²) in [6.07, 6.45) is 1.06. The van der Waals surface area contributed by atoms with Crippen LogP contribution >= 0.6 is 0 Å². The van der Waals surface area contributed by atoms with Gasteiger partial charge in [0.15, 0.2) is 5.69 Å². The second kappa shape index (κ2) is 16.9. The van der Waals surface area contributed by atoms with Crippen LogP contribution in [0.4, 0.5) is 41.7 Å². The molecule has 5 saturated heterocycles. The molecule has 6 aliphatic heterocycles. The molecule has 6 aliphatic rings. The second-order valence-corrected chi connectivity index (χ2v) is 17.7. The lowest BCUT2D eigenvalue weighted by Crippen LogP contribution is -2.61. The molecule has 3 aromatic rings. The van der Waals surface area contributed by atoms with Gasteiger partial charge in [0.25, 0.3) is 5.91 Å². The summed E-state index contributed by atoms with van der Waals surface area (Å²) >= 11 is 0. The molecule has 17 heteroatoms. The van der Waals surface area contributed by atoms with Crippen molar-refractivity contribution in [3.63, 3.8) is 0 Å². The Balaban J connectivity index is 0.668. The summed E-state index contributed by atoms with van der Waals surface area (Å²) in [6.45, 7) is 18.3. The molecule has 1 aromatic heterocycles. The molecule has 1 atom stereocenters. The van der Waals surface area contributed by atoms with Gasteiger partial charge in [-0.25, -0.2) is 9.83 Å². The number of carbonyl (C=O) groups is 4. The highest BCUT2D eigenvalue weighted by molar-refractivity contribution is 6.05. The first-order valence-electron chi connectivity index (χ1n) is 21.7. The molecule has 2 aromatic carbocycles. The maximum absolute atomic E-state index is 13.5. The number of piperazine rings is 1. The largest absolute Gasteiger partial charge is 0.407 e. The number of carbonyl (C=O) groups excluding carboxylic acids is 4. The number of piperidine rings is 3. The molecule has 0 radical (unpaired) electrons. The van der Waals surface area contributed by atoms with E-state index in [0.717, 1.165) is 101 Å². The minimum Gasteiger partial charge on any atom is -0.372 e. The highest BCUT2D eigenvalue weighted by Gasteiger charge is 2.45. The number of hydrogen-bond donors (Lipinski definition) is 2. The number of aromatic nitrogens is 1. The Morgan fingerprint density at radius 1 is 0.823 bits per heavy atom. The molecule has 14 nitrogen and oxygen atoms in total. The van der Waals surface area contributed by atoms with Crippen LogP contribution in [0, 0.1) is 17.9 Å². The lowest BCUT2D eigenvalue weighted by molar-refractivity contribution is -0.138. The predicted molar refractivity (Wildman–Crippen MR) is 227 cm³/mol. The molecule has 7 heterocycles. The standard InChI is InChI=1S/C45H51F3N10O4/c1-49-37-6-3-33(25-36(37)45(46,47)48)55-14-10-30(11-15-55)41(60)51-39-8-4-34(26-50-39)57-22-20-53(21-23-57)18-19-54-28-44(29-54)12-16-56(17-13-44)32-2-5-35-31(24-32)27-58(43(35)62)38-7-9-40(59)52-42(38)61/h2-6,8,24-26,30,38H,7,9-23,27-29H2,(H,50,51,60)(H,52,59,61).